The zero-order valence-electron chi connectivity index (χ0n) is 9.09. The summed E-state index contributed by atoms with van der Waals surface area (Å²) in [4.78, 5) is 11.0. The monoisotopic (exact) mass is 235 g/mol. The second-order valence-corrected chi connectivity index (χ2v) is 4.88. The van der Waals surface area contributed by atoms with Gasteiger partial charge in [0.15, 0.2) is 0 Å². The van der Waals surface area contributed by atoms with E-state index in [1.54, 1.807) is 17.7 Å². The molecule has 1 unspecified atom stereocenters. The van der Waals surface area contributed by atoms with Crippen molar-refractivity contribution in [3.05, 3.63) is 17.8 Å². The van der Waals surface area contributed by atoms with E-state index >= 15 is 0 Å². The van der Waals surface area contributed by atoms with E-state index in [9.17, 15) is 0 Å². The lowest BCUT2D eigenvalue weighted by molar-refractivity contribution is 0.0530. The van der Waals surface area contributed by atoms with Crippen molar-refractivity contribution in [3.63, 3.8) is 0 Å². The summed E-state index contributed by atoms with van der Waals surface area (Å²) in [5.74, 6) is 1.05. The molecule has 0 spiro atoms. The first-order chi connectivity index (χ1) is 7.84. The van der Waals surface area contributed by atoms with Crippen molar-refractivity contribution in [2.45, 2.75) is 13.0 Å². The molecule has 1 aliphatic rings. The molecule has 1 fully saturated rings. The Labute approximate surface area is 97.9 Å². The number of anilines is 1. The Bertz CT molecular complexity index is 499. The first kappa shape index (κ1) is 9.99. The molecule has 5 heteroatoms. The van der Waals surface area contributed by atoms with E-state index < -0.39 is 0 Å². The number of ether oxygens (including phenoxy) is 1. The highest BCUT2D eigenvalue weighted by Crippen LogP contribution is 2.28. The Morgan fingerprint density at radius 2 is 2.44 bits per heavy atom. The van der Waals surface area contributed by atoms with Crippen molar-refractivity contribution in [1.82, 2.24) is 9.97 Å². The minimum atomic E-state index is 0.277. The molecule has 4 nitrogen and oxygen atoms in total. The lowest BCUT2D eigenvalue weighted by Gasteiger charge is -2.32. The minimum absolute atomic E-state index is 0.277. The number of fused-ring (bicyclic) bond motifs is 1. The second-order valence-electron chi connectivity index (χ2n) is 3.96. The molecule has 0 aliphatic carbocycles. The van der Waals surface area contributed by atoms with E-state index in [-0.39, 0.29) is 6.10 Å². The van der Waals surface area contributed by atoms with Crippen molar-refractivity contribution < 1.29 is 4.74 Å². The van der Waals surface area contributed by atoms with Crippen LogP contribution in [0.15, 0.2) is 17.8 Å². The van der Waals surface area contributed by atoms with E-state index in [0.717, 1.165) is 31.0 Å². The maximum absolute atomic E-state index is 5.54. The van der Waals surface area contributed by atoms with Gasteiger partial charge in [0, 0.05) is 13.1 Å². The van der Waals surface area contributed by atoms with Crippen LogP contribution in [0.2, 0.25) is 0 Å². The van der Waals surface area contributed by atoms with E-state index in [2.05, 4.69) is 27.2 Å². The van der Waals surface area contributed by atoms with Gasteiger partial charge in [0.05, 0.1) is 22.9 Å². The lowest BCUT2D eigenvalue weighted by Crippen LogP contribution is -2.41. The average Bonchev–Trinajstić information content (AvgIpc) is 2.76. The Morgan fingerprint density at radius 3 is 3.31 bits per heavy atom. The van der Waals surface area contributed by atoms with Crippen molar-refractivity contribution >= 4 is 27.4 Å². The normalized spacial score (nSPS) is 21.6. The van der Waals surface area contributed by atoms with Gasteiger partial charge in [-0.2, -0.15) is 0 Å². The molecule has 0 bridgehead atoms. The van der Waals surface area contributed by atoms with Gasteiger partial charge in [-0.1, -0.05) is 0 Å². The smallest absolute Gasteiger partial charge is 0.150 e. The molecule has 2 aromatic heterocycles. The molecule has 0 saturated carbocycles. The van der Waals surface area contributed by atoms with Crippen LogP contribution < -0.4 is 4.90 Å². The first-order valence-electron chi connectivity index (χ1n) is 5.39. The minimum Gasteiger partial charge on any atom is -0.375 e. The molecule has 84 valence electrons. The van der Waals surface area contributed by atoms with Gasteiger partial charge in [-0.15, -0.1) is 11.3 Å². The third-order valence-electron chi connectivity index (χ3n) is 2.76. The van der Waals surface area contributed by atoms with Gasteiger partial charge in [0.2, 0.25) is 0 Å². The van der Waals surface area contributed by atoms with Gasteiger partial charge >= 0.3 is 0 Å². The maximum atomic E-state index is 5.54. The number of rotatable bonds is 1. The van der Waals surface area contributed by atoms with Gasteiger partial charge in [-0.05, 0) is 18.4 Å². The van der Waals surface area contributed by atoms with E-state index in [4.69, 9.17) is 4.74 Å². The molecule has 0 N–H and O–H groups in total. The fourth-order valence-corrected chi connectivity index (χ4v) is 2.87. The van der Waals surface area contributed by atoms with Crippen LogP contribution in [0.3, 0.4) is 0 Å². The SMILES string of the molecule is CC1CN(c2ncnc3ccsc23)CCO1. The van der Waals surface area contributed by atoms with Crippen molar-refractivity contribution in [1.29, 1.82) is 0 Å². The lowest BCUT2D eigenvalue weighted by atomic mass is 10.3. The summed E-state index contributed by atoms with van der Waals surface area (Å²) >= 11 is 1.70. The van der Waals surface area contributed by atoms with Crippen LogP contribution >= 0.6 is 11.3 Å². The standard InChI is InChI=1S/C11H13N3OS/c1-8-6-14(3-4-15-8)11-10-9(2-5-16-10)12-7-13-11/h2,5,7-8H,3-4,6H2,1H3. The Morgan fingerprint density at radius 1 is 1.50 bits per heavy atom. The third kappa shape index (κ3) is 1.66. The van der Waals surface area contributed by atoms with E-state index in [0.29, 0.717) is 0 Å². The Hall–Kier alpha value is -1.20. The van der Waals surface area contributed by atoms with Crippen LogP contribution in [0, 0.1) is 0 Å². The van der Waals surface area contributed by atoms with Crippen molar-refractivity contribution in [2.24, 2.45) is 0 Å². The number of aromatic nitrogens is 2. The fourth-order valence-electron chi connectivity index (χ4n) is 2.01. The highest BCUT2D eigenvalue weighted by Gasteiger charge is 2.20. The first-order valence-corrected chi connectivity index (χ1v) is 6.27. The number of thiophene rings is 1. The molecule has 0 radical (unpaired) electrons. The van der Waals surface area contributed by atoms with Gasteiger partial charge in [-0.25, -0.2) is 9.97 Å². The molecule has 16 heavy (non-hydrogen) atoms. The van der Waals surface area contributed by atoms with E-state index in [1.165, 1.54) is 4.70 Å². The predicted molar refractivity (Wildman–Crippen MR) is 65.0 cm³/mol. The van der Waals surface area contributed by atoms with Crippen LogP contribution in [-0.4, -0.2) is 35.8 Å². The summed E-state index contributed by atoms with van der Waals surface area (Å²) in [7, 11) is 0. The molecule has 3 rings (SSSR count). The summed E-state index contributed by atoms with van der Waals surface area (Å²) in [5, 5.41) is 2.06. The van der Waals surface area contributed by atoms with Crippen LogP contribution in [-0.2, 0) is 4.74 Å². The molecular formula is C11H13N3OS. The van der Waals surface area contributed by atoms with Crippen molar-refractivity contribution in [2.75, 3.05) is 24.6 Å². The molecule has 3 heterocycles. The van der Waals surface area contributed by atoms with Crippen LogP contribution in [0.1, 0.15) is 6.92 Å². The van der Waals surface area contributed by atoms with Gasteiger partial charge in [0.1, 0.15) is 12.1 Å². The maximum Gasteiger partial charge on any atom is 0.150 e. The zero-order valence-corrected chi connectivity index (χ0v) is 9.91. The Kier molecular flexibility index (Phi) is 2.49. The summed E-state index contributed by atoms with van der Waals surface area (Å²) in [6.07, 6.45) is 1.92. The molecule has 0 aromatic carbocycles. The van der Waals surface area contributed by atoms with Crippen molar-refractivity contribution in [3.8, 4) is 0 Å². The second kappa shape index (κ2) is 3.99. The molecule has 1 atom stereocenters. The van der Waals surface area contributed by atoms with E-state index in [1.807, 2.05) is 6.07 Å². The molecule has 1 aliphatic heterocycles. The molecule has 2 aromatic rings. The number of morpholine rings is 1. The van der Waals surface area contributed by atoms with Gasteiger partial charge < -0.3 is 9.64 Å². The summed E-state index contributed by atoms with van der Waals surface area (Å²) < 4.78 is 6.72. The average molecular weight is 235 g/mol. The summed E-state index contributed by atoms with van der Waals surface area (Å²) in [6.45, 7) is 4.69. The quantitative estimate of drug-likeness (QED) is 0.757. The summed E-state index contributed by atoms with van der Waals surface area (Å²) in [6, 6.07) is 2.04. The van der Waals surface area contributed by atoms with Crippen LogP contribution in [0.5, 0.6) is 0 Å². The zero-order chi connectivity index (χ0) is 11.0. The number of hydrogen-bond donors (Lipinski definition) is 0. The molecular weight excluding hydrogens is 222 g/mol. The topological polar surface area (TPSA) is 38.2 Å². The number of hydrogen-bond acceptors (Lipinski definition) is 5. The predicted octanol–water partition coefficient (Wildman–Crippen LogP) is 1.92. The molecule has 0 amide bonds. The van der Waals surface area contributed by atoms with Crippen LogP contribution in [0.25, 0.3) is 10.2 Å². The highest BCUT2D eigenvalue weighted by atomic mass is 32.1. The highest BCUT2D eigenvalue weighted by molar-refractivity contribution is 7.17. The fraction of sp³-hybridized carbons (Fsp3) is 0.455. The van der Waals surface area contributed by atoms with Gasteiger partial charge in [-0.3, -0.25) is 0 Å². The summed E-state index contributed by atoms with van der Waals surface area (Å²) in [5.41, 5.74) is 1.04. The third-order valence-corrected chi connectivity index (χ3v) is 3.66. The van der Waals surface area contributed by atoms with Gasteiger partial charge in [0.25, 0.3) is 0 Å². The molecule has 1 saturated heterocycles. The Balaban J connectivity index is 2.01. The van der Waals surface area contributed by atoms with Crippen LogP contribution in [0.4, 0.5) is 5.82 Å². The largest absolute Gasteiger partial charge is 0.375 e. The number of nitrogens with zero attached hydrogens (tertiary/aromatic N) is 3.